The van der Waals surface area contributed by atoms with Crippen molar-refractivity contribution in [3.8, 4) is 5.75 Å². The number of carbonyl (C=O) groups excluding carboxylic acids is 1. The van der Waals surface area contributed by atoms with Crippen molar-refractivity contribution in [1.29, 1.82) is 0 Å². The molecule has 0 unspecified atom stereocenters. The van der Waals surface area contributed by atoms with Gasteiger partial charge in [0.15, 0.2) is 0 Å². The fraction of sp³-hybridized carbons (Fsp3) is 0.444. The van der Waals surface area contributed by atoms with Crippen LogP contribution in [0, 0.1) is 13.8 Å². The van der Waals surface area contributed by atoms with Gasteiger partial charge in [-0.05, 0) is 44.0 Å². The molecule has 0 aliphatic rings. The predicted octanol–water partition coefficient (Wildman–Crippen LogP) is 3.18. The number of nitrogens with zero attached hydrogens (tertiary/aromatic N) is 2. The van der Waals surface area contributed by atoms with Gasteiger partial charge in [0, 0.05) is 19.2 Å². The summed E-state index contributed by atoms with van der Waals surface area (Å²) < 4.78 is 44.9. The van der Waals surface area contributed by atoms with Crippen molar-refractivity contribution in [3.63, 3.8) is 0 Å². The minimum absolute atomic E-state index is 0.0952. The van der Waals surface area contributed by atoms with Crippen LogP contribution < -0.4 is 10.1 Å². The summed E-state index contributed by atoms with van der Waals surface area (Å²) in [4.78, 5) is 11.9. The zero-order valence-corrected chi connectivity index (χ0v) is 15.0. The van der Waals surface area contributed by atoms with Crippen LogP contribution >= 0.6 is 0 Å². The van der Waals surface area contributed by atoms with E-state index in [4.69, 9.17) is 4.74 Å². The quantitative estimate of drug-likeness (QED) is 0.763. The van der Waals surface area contributed by atoms with Crippen molar-refractivity contribution >= 4 is 5.91 Å². The minimum atomic E-state index is -4.41. The molecular formula is C18H22F3N3O2. The summed E-state index contributed by atoms with van der Waals surface area (Å²) in [5, 5.41) is 7.01. The summed E-state index contributed by atoms with van der Waals surface area (Å²) >= 11 is 0. The highest BCUT2D eigenvalue weighted by molar-refractivity contribution is 5.76. The third kappa shape index (κ3) is 5.24. The average molecular weight is 369 g/mol. The van der Waals surface area contributed by atoms with E-state index in [1.807, 2.05) is 20.9 Å². The molecule has 0 aliphatic heterocycles. The molecule has 0 saturated heterocycles. The lowest BCUT2D eigenvalue weighted by Crippen LogP contribution is -2.28. The van der Waals surface area contributed by atoms with E-state index in [1.165, 1.54) is 12.1 Å². The smallest absolute Gasteiger partial charge is 0.416 e. The summed E-state index contributed by atoms with van der Waals surface area (Å²) in [6.45, 7) is 4.18. The number of amides is 1. The van der Waals surface area contributed by atoms with Crippen molar-refractivity contribution in [2.75, 3.05) is 13.2 Å². The van der Waals surface area contributed by atoms with Gasteiger partial charge in [-0.3, -0.25) is 9.48 Å². The molecule has 26 heavy (non-hydrogen) atoms. The monoisotopic (exact) mass is 369 g/mol. The van der Waals surface area contributed by atoms with E-state index >= 15 is 0 Å². The maximum atomic E-state index is 12.6. The number of nitrogens with one attached hydrogen (secondary N) is 1. The van der Waals surface area contributed by atoms with E-state index in [1.54, 1.807) is 4.68 Å². The average Bonchev–Trinajstić information content (AvgIpc) is 2.81. The van der Waals surface area contributed by atoms with Crippen LogP contribution in [0.5, 0.6) is 5.75 Å². The highest BCUT2D eigenvalue weighted by Gasteiger charge is 2.30. The Kier molecular flexibility index (Phi) is 6.28. The van der Waals surface area contributed by atoms with Crippen molar-refractivity contribution in [3.05, 3.63) is 46.8 Å². The molecule has 2 rings (SSSR count). The summed E-state index contributed by atoms with van der Waals surface area (Å²) in [6, 6.07) is 4.66. The molecule has 2 aromatic rings. The third-order valence-corrected chi connectivity index (χ3v) is 4.12. The lowest BCUT2D eigenvalue weighted by molar-refractivity contribution is -0.137. The molecule has 1 aromatic heterocycles. The summed E-state index contributed by atoms with van der Waals surface area (Å²) in [5.74, 6) is -0.0176. The Balaban J connectivity index is 1.74. The molecule has 5 nitrogen and oxygen atoms in total. The maximum Gasteiger partial charge on any atom is 0.416 e. The number of alkyl halides is 3. The fourth-order valence-corrected chi connectivity index (χ4v) is 2.63. The second kappa shape index (κ2) is 8.25. The SMILES string of the molecule is Cc1nn(C)c(C)c1CCC(=O)NCCOc1cccc(C(F)(F)F)c1. The Morgan fingerprint density at radius 3 is 2.65 bits per heavy atom. The van der Waals surface area contributed by atoms with Gasteiger partial charge in [-0.2, -0.15) is 18.3 Å². The van der Waals surface area contributed by atoms with Gasteiger partial charge in [0.05, 0.1) is 17.8 Å². The lowest BCUT2D eigenvalue weighted by atomic mass is 10.1. The van der Waals surface area contributed by atoms with Gasteiger partial charge in [-0.1, -0.05) is 6.07 Å². The molecule has 0 spiro atoms. The maximum absolute atomic E-state index is 12.6. The van der Waals surface area contributed by atoms with Crippen LogP contribution in [0.25, 0.3) is 0 Å². The number of aryl methyl sites for hydroxylation is 2. The summed E-state index contributed by atoms with van der Waals surface area (Å²) in [6.07, 6.45) is -3.50. The first-order valence-electron chi connectivity index (χ1n) is 8.24. The van der Waals surface area contributed by atoms with E-state index in [9.17, 15) is 18.0 Å². The van der Waals surface area contributed by atoms with Crippen molar-refractivity contribution in [1.82, 2.24) is 15.1 Å². The molecule has 0 aliphatic carbocycles. The minimum Gasteiger partial charge on any atom is -0.492 e. The number of aromatic nitrogens is 2. The molecule has 8 heteroatoms. The second-order valence-electron chi connectivity index (χ2n) is 6.00. The van der Waals surface area contributed by atoms with Crippen LogP contribution in [-0.4, -0.2) is 28.8 Å². The van der Waals surface area contributed by atoms with Gasteiger partial charge in [0.2, 0.25) is 5.91 Å². The molecule has 1 heterocycles. The van der Waals surface area contributed by atoms with Crippen LogP contribution in [0.3, 0.4) is 0 Å². The first kappa shape index (κ1) is 19.8. The summed E-state index contributed by atoms with van der Waals surface area (Å²) in [7, 11) is 1.86. The molecule has 1 amide bonds. The zero-order valence-electron chi connectivity index (χ0n) is 15.0. The standard InChI is InChI=1S/C18H22F3N3O2/c1-12-16(13(2)24(3)23-12)7-8-17(25)22-9-10-26-15-6-4-5-14(11-15)18(19,20)21/h4-6,11H,7-10H2,1-3H3,(H,22,25). The largest absolute Gasteiger partial charge is 0.492 e. The van der Waals surface area contributed by atoms with E-state index in [0.29, 0.717) is 12.8 Å². The van der Waals surface area contributed by atoms with Crippen LogP contribution in [0.4, 0.5) is 13.2 Å². The Bertz CT molecular complexity index is 770. The highest BCUT2D eigenvalue weighted by Crippen LogP contribution is 2.31. The number of rotatable bonds is 7. The number of benzene rings is 1. The number of halogens is 3. The van der Waals surface area contributed by atoms with Gasteiger partial charge in [0.25, 0.3) is 0 Å². The first-order chi connectivity index (χ1) is 12.2. The molecule has 1 N–H and O–H groups in total. The Labute approximate surface area is 150 Å². The van der Waals surface area contributed by atoms with Crippen LogP contribution in [0.15, 0.2) is 24.3 Å². The number of ether oxygens (including phenoxy) is 1. The van der Waals surface area contributed by atoms with Gasteiger partial charge >= 0.3 is 6.18 Å². The van der Waals surface area contributed by atoms with Gasteiger partial charge in [-0.15, -0.1) is 0 Å². The lowest BCUT2D eigenvalue weighted by Gasteiger charge is -2.11. The van der Waals surface area contributed by atoms with E-state index in [2.05, 4.69) is 10.4 Å². The molecule has 0 radical (unpaired) electrons. The molecule has 142 valence electrons. The Morgan fingerprint density at radius 2 is 2.04 bits per heavy atom. The van der Waals surface area contributed by atoms with Gasteiger partial charge < -0.3 is 10.1 Å². The Hall–Kier alpha value is -2.51. The summed E-state index contributed by atoms with van der Waals surface area (Å²) in [5.41, 5.74) is 2.23. The first-order valence-corrected chi connectivity index (χ1v) is 8.24. The van der Waals surface area contributed by atoms with Crippen molar-refractivity contribution in [2.45, 2.75) is 32.9 Å². The fourth-order valence-electron chi connectivity index (χ4n) is 2.63. The van der Waals surface area contributed by atoms with E-state index in [0.717, 1.165) is 29.1 Å². The van der Waals surface area contributed by atoms with Crippen molar-refractivity contribution < 1.29 is 22.7 Å². The molecule has 0 atom stereocenters. The molecule has 1 aromatic carbocycles. The van der Waals surface area contributed by atoms with Gasteiger partial charge in [-0.25, -0.2) is 0 Å². The van der Waals surface area contributed by atoms with E-state index < -0.39 is 11.7 Å². The van der Waals surface area contributed by atoms with Crippen molar-refractivity contribution in [2.24, 2.45) is 7.05 Å². The number of hydrogen-bond acceptors (Lipinski definition) is 3. The van der Waals surface area contributed by atoms with Crippen LogP contribution in [0.2, 0.25) is 0 Å². The zero-order chi connectivity index (χ0) is 19.3. The number of hydrogen-bond donors (Lipinski definition) is 1. The van der Waals surface area contributed by atoms with Gasteiger partial charge in [0.1, 0.15) is 12.4 Å². The third-order valence-electron chi connectivity index (χ3n) is 4.12. The normalized spacial score (nSPS) is 11.5. The topological polar surface area (TPSA) is 56.2 Å². The molecule has 0 fully saturated rings. The second-order valence-corrected chi connectivity index (χ2v) is 6.00. The molecule has 0 bridgehead atoms. The predicted molar refractivity (Wildman–Crippen MR) is 91.0 cm³/mol. The highest BCUT2D eigenvalue weighted by atomic mass is 19.4. The molecular weight excluding hydrogens is 347 g/mol. The van der Waals surface area contributed by atoms with E-state index in [-0.39, 0.29) is 24.8 Å². The molecule has 0 saturated carbocycles. The van der Waals surface area contributed by atoms with Crippen LogP contribution in [-0.2, 0) is 24.4 Å². The number of carbonyl (C=O) groups is 1. The van der Waals surface area contributed by atoms with Crippen LogP contribution in [0.1, 0.15) is 28.9 Å². The Morgan fingerprint density at radius 1 is 1.31 bits per heavy atom.